The fraction of sp³-hybridized carbons (Fsp3) is 1.00. The fourth-order valence-electron chi connectivity index (χ4n) is 2.44. The van der Waals surface area contributed by atoms with Crippen LogP contribution in [0, 0.1) is 0 Å². The van der Waals surface area contributed by atoms with Gasteiger partial charge < -0.3 is 9.84 Å². The molecule has 0 unspecified atom stereocenters. The minimum absolute atomic E-state index is 0.0401. The molecule has 0 aromatic carbocycles. The summed E-state index contributed by atoms with van der Waals surface area (Å²) in [5.41, 5.74) is -0.490. The molecule has 0 saturated heterocycles. The van der Waals surface area contributed by atoms with Crippen molar-refractivity contribution in [2.75, 3.05) is 6.61 Å². The summed E-state index contributed by atoms with van der Waals surface area (Å²) in [5.74, 6) is 0. The number of aliphatic hydroxyl groups is 1. The van der Waals surface area contributed by atoms with E-state index in [1.807, 2.05) is 13.8 Å². The summed E-state index contributed by atoms with van der Waals surface area (Å²) in [4.78, 5) is 0. The van der Waals surface area contributed by atoms with E-state index in [0.29, 0.717) is 6.61 Å². The Bertz CT molecular complexity index is 193. The maximum Gasteiger partial charge on any atom is 0.0677 e. The highest BCUT2D eigenvalue weighted by molar-refractivity contribution is 4.80. The van der Waals surface area contributed by atoms with Crippen molar-refractivity contribution >= 4 is 0 Å². The van der Waals surface area contributed by atoms with Gasteiger partial charge in [0, 0.05) is 0 Å². The molecule has 0 heterocycles. The molecular weight excluding hydrogens is 224 g/mol. The van der Waals surface area contributed by atoms with Crippen molar-refractivity contribution in [2.24, 2.45) is 0 Å². The van der Waals surface area contributed by atoms with E-state index in [9.17, 15) is 5.11 Å². The van der Waals surface area contributed by atoms with Gasteiger partial charge in [0.05, 0.1) is 17.8 Å². The van der Waals surface area contributed by atoms with Crippen LogP contribution in [0.5, 0.6) is 0 Å². The Balaban J connectivity index is 4.26. The monoisotopic (exact) mass is 258 g/mol. The number of rotatable bonds is 11. The highest BCUT2D eigenvalue weighted by atomic mass is 16.5. The zero-order valence-electron chi connectivity index (χ0n) is 13.2. The van der Waals surface area contributed by atoms with Crippen LogP contribution in [0.4, 0.5) is 0 Å². The molecule has 0 aliphatic rings. The normalized spacial score (nSPS) is 13.0. The van der Waals surface area contributed by atoms with Crippen molar-refractivity contribution in [2.45, 2.75) is 97.2 Å². The van der Waals surface area contributed by atoms with E-state index in [1.54, 1.807) is 0 Å². The molecule has 0 radical (unpaired) electrons. The Labute approximate surface area is 114 Å². The van der Waals surface area contributed by atoms with Crippen LogP contribution in [-0.4, -0.2) is 22.9 Å². The molecule has 0 fully saturated rings. The van der Waals surface area contributed by atoms with Crippen LogP contribution in [0.15, 0.2) is 0 Å². The molecule has 0 aliphatic carbocycles. The van der Waals surface area contributed by atoms with Gasteiger partial charge in [0.2, 0.25) is 0 Å². The standard InChI is InChI=1S/C16H34O2/c1-6-11-12-16(9-4,10-5)18-14-13-15(17,7-2)8-3/h17H,6-14H2,1-5H3. The molecule has 0 atom stereocenters. The van der Waals surface area contributed by atoms with Gasteiger partial charge in [-0.2, -0.15) is 0 Å². The van der Waals surface area contributed by atoms with Crippen LogP contribution in [0.2, 0.25) is 0 Å². The molecule has 0 amide bonds. The zero-order valence-corrected chi connectivity index (χ0v) is 13.2. The van der Waals surface area contributed by atoms with Crippen LogP contribution in [0.3, 0.4) is 0 Å². The maximum absolute atomic E-state index is 10.3. The van der Waals surface area contributed by atoms with Gasteiger partial charge in [-0.1, -0.05) is 47.5 Å². The van der Waals surface area contributed by atoms with Gasteiger partial charge >= 0.3 is 0 Å². The van der Waals surface area contributed by atoms with Gasteiger partial charge in [-0.3, -0.25) is 0 Å². The Hall–Kier alpha value is -0.0800. The van der Waals surface area contributed by atoms with Gasteiger partial charge in [-0.05, 0) is 38.5 Å². The Morgan fingerprint density at radius 3 is 1.78 bits per heavy atom. The SMILES string of the molecule is CCCCC(CC)(CC)OCCC(O)(CC)CC. The molecule has 1 N–H and O–H groups in total. The minimum atomic E-state index is -0.530. The van der Waals surface area contributed by atoms with E-state index < -0.39 is 5.60 Å². The summed E-state index contributed by atoms with van der Waals surface area (Å²) in [6.45, 7) is 11.4. The van der Waals surface area contributed by atoms with E-state index in [1.165, 1.54) is 12.8 Å². The number of hydrogen-bond acceptors (Lipinski definition) is 2. The lowest BCUT2D eigenvalue weighted by Gasteiger charge is -2.34. The Kier molecular flexibility index (Phi) is 8.89. The number of unbranched alkanes of at least 4 members (excludes halogenated alkanes) is 1. The van der Waals surface area contributed by atoms with E-state index in [4.69, 9.17) is 4.74 Å². The molecule has 18 heavy (non-hydrogen) atoms. The lowest BCUT2D eigenvalue weighted by molar-refractivity contribution is -0.0848. The Morgan fingerprint density at radius 2 is 1.39 bits per heavy atom. The lowest BCUT2D eigenvalue weighted by atomic mass is 9.90. The number of ether oxygens (including phenoxy) is 1. The van der Waals surface area contributed by atoms with Crippen molar-refractivity contribution in [3.8, 4) is 0 Å². The molecule has 2 nitrogen and oxygen atoms in total. The topological polar surface area (TPSA) is 29.5 Å². The molecular formula is C16H34O2. The second-order valence-corrected chi connectivity index (χ2v) is 5.52. The average Bonchev–Trinajstić information content (AvgIpc) is 2.42. The van der Waals surface area contributed by atoms with Crippen molar-refractivity contribution < 1.29 is 9.84 Å². The molecule has 0 saturated carbocycles. The highest BCUT2D eigenvalue weighted by Crippen LogP contribution is 2.29. The molecule has 0 spiro atoms. The summed E-state index contributed by atoms with van der Waals surface area (Å²) >= 11 is 0. The van der Waals surface area contributed by atoms with Gasteiger partial charge in [0.15, 0.2) is 0 Å². The fourth-order valence-corrected chi connectivity index (χ4v) is 2.44. The summed E-state index contributed by atoms with van der Waals surface area (Å²) in [5, 5.41) is 10.3. The van der Waals surface area contributed by atoms with Gasteiger partial charge in [0.25, 0.3) is 0 Å². The van der Waals surface area contributed by atoms with E-state index in [-0.39, 0.29) is 5.60 Å². The van der Waals surface area contributed by atoms with Crippen molar-refractivity contribution in [1.29, 1.82) is 0 Å². The third-order valence-corrected chi connectivity index (χ3v) is 4.57. The molecule has 0 aromatic heterocycles. The summed E-state index contributed by atoms with van der Waals surface area (Å²) in [6, 6.07) is 0. The van der Waals surface area contributed by atoms with Crippen LogP contribution < -0.4 is 0 Å². The maximum atomic E-state index is 10.3. The Morgan fingerprint density at radius 1 is 0.833 bits per heavy atom. The first-order valence-electron chi connectivity index (χ1n) is 7.87. The number of hydrogen-bond donors (Lipinski definition) is 1. The second kappa shape index (κ2) is 8.92. The van der Waals surface area contributed by atoms with Crippen molar-refractivity contribution in [1.82, 2.24) is 0 Å². The smallest absolute Gasteiger partial charge is 0.0677 e. The van der Waals surface area contributed by atoms with Crippen molar-refractivity contribution in [3.63, 3.8) is 0 Å². The molecule has 0 aliphatic heterocycles. The van der Waals surface area contributed by atoms with Gasteiger partial charge in [0.1, 0.15) is 0 Å². The predicted molar refractivity (Wildman–Crippen MR) is 78.9 cm³/mol. The zero-order chi connectivity index (χ0) is 14.1. The van der Waals surface area contributed by atoms with Crippen LogP contribution in [-0.2, 0) is 4.74 Å². The first-order valence-corrected chi connectivity index (χ1v) is 7.87. The van der Waals surface area contributed by atoms with Crippen LogP contribution in [0.1, 0.15) is 86.0 Å². The molecule has 0 aromatic rings. The molecule has 0 rings (SSSR count). The van der Waals surface area contributed by atoms with Gasteiger partial charge in [-0.25, -0.2) is 0 Å². The predicted octanol–water partition coefficient (Wildman–Crippen LogP) is 4.69. The lowest BCUT2D eigenvalue weighted by Crippen LogP contribution is -2.35. The highest BCUT2D eigenvalue weighted by Gasteiger charge is 2.28. The first-order chi connectivity index (χ1) is 8.51. The van der Waals surface area contributed by atoms with Crippen molar-refractivity contribution in [3.05, 3.63) is 0 Å². The summed E-state index contributed by atoms with van der Waals surface area (Å²) in [7, 11) is 0. The van der Waals surface area contributed by atoms with E-state index in [2.05, 4.69) is 20.8 Å². The third kappa shape index (κ3) is 5.71. The van der Waals surface area contributed by atoms with E-state index in [0.717, 1.165) is 38.5 Å². The largest absolute Gasteiger partial charge is 0.390 e. The summed E-state index contributed by atoms with van der Waals surface area (Å²) < 4.78 is 6.17. The quantitative estimate of drug-likeness (QED) is 0.582. The molecule has 110 valence electrons. The summed E-state index contributed by atoms with van der Waals surface area (Å²) in [6.07, 6.45) is 8.12. The third-order valence-electron chi connectivity index (χ3n) is 4.57. The average molecular weight is 258 g/mol. The minimum Gasteiger partial charge on any atom is -0.390 e. The van der Waals surface area contributed by atoms with Crippen LogP contribution >= 0.6 is 0 Å². The first kappa shape index (κ1) is 17.9. The van der Waals surface area contributed by atoms with E-state index >= 15 is 0 Å². The van der Waals surface area contributed by atoms with Crippen LogP contribution in [0.25, 0.3) is 0 Å². The molecule has 0 bridgehead atoms. The second-order valence-electron chi connectivity index (χ2n) is 5.52. The van der Waals surface area contributed by atoms with Gasteiger partial charge in [-0.15, -0.1) is 0 Å². The molecule has 2 heteroatoms.